The van der Waals surface area contributed by atoms with Gasteiger partial charge in [-0.1, -0.05) is 18.2 Å². The van der Waals surface area contributed by atoms with Gasteiger partial charge < -0.3 is 15.3 Å². The third kappa shape index (κ3) is 4.96. The fraction of sp³-hybridized carbons (Fsp3) is 0.529. The first-order chi connectivity index (χ1) is 11.0. The third-order valence-corrected chi connectivity index (χ3v) is 4.41. The Hall–Kier alpha value is -2.08. The molecule has 23 heavy (non-hydrogen) atoms. The van der Waals surface area contributed by atoms with Gasteiger partial charge in [-0.3, -0.25) is 14.5 Å². The van der Waals surface area contributed by atoms with E-state index in [0.717, 1.165) is 19.5 Å². The van der Waals surface area contributed by atoms with Crippen molar-refractivity contribution in [1.82, 2.24) is 10.2 Å². The number of amides is 1. The second kappa shape index (κ2) is 7.97. The van der Waals surface area contributed by atoms with Crippen LogP contribution in [0, 0.1) is 5.92 Å². The van der Waals surface area contributed by atoms with Crippen LogP contribution in [0.25, 0.3) is 0 Å². The molecular weight excluding hydrogens is 294 g/mol. The monoisotopic (exact) mass is 319 g/mol. The minimum absolute atomic E-state index is 0.0998. The van der Waals surface area contributed by atoms with Crippen LogP contribution in [0.4, 0.5) is 5.69 Å². The molecule has 2 unspecified atom stereocenters. The molecule has 2 N–H and O–H groups in total. The van der Waals surface area contributed by atoms with Crippen LogP contribution in [0.1, 0.15) is 13.3 Å². The number of nitrogens with one attached hydrogen (secondary N) is 1. The molecule has 0 bridgehead atoms. The first kappa shape index (κ1) is 17.3. The number of hydrogen-bond donors (Lipinski definition) is 2. The lowest BCUT2D eigenvalue weighted by Crippen LogP contribution is -2.43. The summed E-state index contributed by atoms with van der Waals surface area (Å²) >= 11 is 0. The molecule has 1 aliphatic heterocycles. The number of anilines is 1. The highest BCUT2D eigenvalue weighted by molar-refractivity contribution is 5.79. The summed E-state index contributed by atoms with van der Waals surface area (Å²) < 4.78 is 0. The van der Waals surface area contributed by atoms with E-state index in [1.807, 2.05) is 18.2 Å². The number of carboxylic acid groups (broad SMARTS) is 1. The largest absolute Gasteiger partial charge is 0.480 e. The molecule has 1 fully saturated rings. The van der Waals surface area contributed by atoms with Gasteiger partial charge in [-0.15, -0.1) is 0 Å². The van der Waals surface area contributed by atoms with E-state index in [2.05, 4.69) is 22.3 Å². The molecule has 2 atom stereocenters. The Labute approximate surface area is 137 Å². The van der Waals surface area contributed by atoms with Crippen molar-refractivity contribution in [3.63, 3.8) is 0 Å². The number of carbonyl (C=O) groups excluding carboxylic acids is 1. The van der Waals surface area contributed by atoms with E-state index >= 15 is 0 Å². The van der Waals surface area contributed by atoms with Gasteiger partial charge in [0.15, 0.2) is 0 Å². The van der Waals surface area contributed by atoms with Crippen LogP contribution in [0.3, 0.4) is 0 Å². The van der Waals surface area contributed by atoms with E-state index in [9.17, 15) is 9.59 Å². The standard InChI is InChI=1S/C17H25N3O3/c1-13(17(22)23)19(2)12-16(21)18-10-14-8-9-20(11-14)15-6-4-3-5-7-15/h3-7,13-14H,8-12H2,1-2H3,(H,18,21)(H,22,23). The van der Waals surface area contributed by atoms with E-state index in [-0.39, 0.29) is 12.5 Å². The molecule has 1 aliphatic rings. The number of benzene rings is 1. The van der Waals surface area contributed by atoms with Gasteiger partial charge in [-0.05, 0) is 38.4 Å². The molecule has 2 rings (SSSR count). The highest BCUT2D eigenvalue weighted by atomic mass is 16.4. The molecular formula is C17H25N3O3. The topological polar surface area (TPSA) is 72.9 Å². The second-order valence-corrected chi connectivity index (χ2v) is 6.17. The number of hydrogen-bond acceptors (Lipinski definition) is 4. The lowest BCUT2D eigenvalue weighted by molar-refractivity contribution is -0.142. The maximum Gasteiger partial charge on any atom is 0.320 e. The molecule has 6 heteroatoms. The number of likely N-dealkylation sites (N-methyl/N-ethyl adjacent to an activating group) is 1. The maximum absolute atomic E-state index is 11.9. The Kier molecular flexibility index (Phi) is 5.98. The summed E-state index contributed by atoms with van der Waals surface area (Å²) in [6.07, 6.45) is 1.05. The zero-order valence-electron chi connectivity index (χ0n) is 13.7. The van der Waals surface area contributed by atoms with Crippen LogP contribution in [0.2, 0.25) is 0 Å². The fourth-order valence-corrected chi connectivity index (χ4v) is 2.74. The number of aliphatic carboxylic acids is 1. The second-order valence-electron chi connectivity index (χ2n) is 6.17. The van der Waals surface area contributed by atoms with E-state index < -0.39 is 12.0 Å². The first-order valence-corrected chi connectivity index (χ1v) is 7.97. The lowest BCUT2D eigenvalue weighted by Gasteiger charge is -2.21. The van der Waals surface area contributed by atoms with Gasteiger partial charge in [0.05, 0.1) is 6.54 Å². The highest BCUT2D eigenvalue weighted by Crippen LogP contribution is 2.22. The Balaban J connectivity index is 1.72. The zero-order chi connectivity index (χ0) is 16.8. The number of rotatable bonds is 7. The minimum atomic E-state index is -0.922. The van der Waals surface area contributed by atoms with Gasteiger partial charge in [0.25, 0.3) is 0 Å². The summed E-state index contributed by atoms with van der Waals surface area (Å²) in [6.45, 7) is 4.25. The van der Waals surface area contributed by atoms with Crippen molar-refractivity contribution in [2.45, 2.75) is 19.4 Å². The summed E-state index contributed by atoms with van der Waals surface area (Å²) in [5.41, 5.74) is 1.22. The van der Waals surface area contributed by atoms with Crippen molar-refractivity contribution < 1.29 is 14.7 Å². The number of carbonyl (C=O) groups is 2. The first-order valence-electron chi connectivity index (χ1n) is 7.97. The molecule has 6 nitrogen and oxygen atoms in total. The molecule has 1 aromatic carbocycles. The average molecular weight is 319 g/mol. The Morgan fingerprint density at radius 2 is 2.09 bits per heavy atom. The van der Waals surface area contributed by atoms with Crippen molar-refractivity contribution in [2.24, 2.45) is 5.92 Å². The van der Waals surface area contributed by atoms with Crippen LogP contribution in [-0.2, 0) is 9.59 Å². The van der Waals surface area contributed by atoms with Gasteiger partial charge in [0.2, 0.25) is 5.91 Å². The van der Waals surface area contributed by atoms with Gasteiger partial charge in [-0.2, -0.15) is 0 Å². The van der Waals surface area contributed by atoms with Crippen molar-refractivity contribution in [2.75, 3.05) is 38.1 Å². The Bertz CT molecular complexity index is 535. The molecule has 1 amide bonds. The van der Waals surface area contributed by atoms with Gasteiger partial charge in [0.1, 0.15) is 6.04 Å². The summed E-state index contributed by atoms with van der Waals surface area (Å²) in [6, 6.07) is 9.60. The fourth-order valence-electron chi connectivity index (χ4n) is 2.74. The lowest BCUT2D eigenvalue weighted by atomic mass is 10.1. The summed E-state index contributed by atoms with van der Waals surface area (Å²) in [4.78, 5) is 26.7. The SMILES string of the molecule is CC(C(=O)O)N(C)CC(=O)NCC1CCN(c2ccccc2)C1. The predicted molar refractivity (Wildman–Crippen MR) is 89.5 cm³/mol. The Morgan fingerprint density at radius 3 is 2.74 bits per heavy atom. The van der Waals surface area contributed by atoms with E-state index in [4.69, 9.17) is 5.11 Å². The van der Waals surface area contributed by atoms with Crippen LogP contribution in [0.5, 0.6) is 0 Å². The normalized spacial score (nSPS) is 18.9. The molecule has 126 valence electrons. The van der Waals surface area contributed by atoms with Crippen LogP contribution in [-0.4, -0.2) is 61.2 Å². The molecule has 0 aromatic heterocycles. The summed E-state index contributed by atoms with van der Waals surface area (Å²) in [5, 5.41) is 11.8. The molecule has 0 saturated carbocycles. The molecule has 1 saturated heterocycles. The van der Waals surface area contributed by atoms with Gasteiger partial charge in [0, 0.05) is 25.3 Å². The number of carboxylic acids is 1. The zero-order valence-corrected chi connectivity index (χ0v) is 13.7. The average Bonchev–Trinajstić information content (AvgIpc) is 3.02. The van der Waals surface area contributed by atoms with Crippen LogP contribution >= 0.6 is 0 Å². The van der Waals surface area contributed by atoms with Crippen LogP contribution in [0.15, 0.2) is 30.3 Å². The van der Waals surface area contributed by atoms with Crippen molar-refractivity contribution in [3.05, 3.63) is 30.3 Å². The summed E-state index contributed by atoms with van der Waals surface area (Å²) in [5.74, 6) is -0.616. The highest BCUT2D eigenvalue weighted by Gasteiger charge is 2.24. The van der Waals surface area contributed by atoms with E-state index in [1.165, 1.54) is 10.6 Å². The number of nitrogens with zero attached hydrogens (tertiary/aromatic N) is 2. The van der Waals surface area contributed by atoms with E-state index in [1.54, 1.807) is 14.0 Å². The van der Waals surface area contributed by atoms with Crippen molar-refractivity contribution in [1.29, 1.82) is 0 Å². The number of para-hydroxylation sites is 1. The van der Waals surface area contributed by atoms with Gasteiger partial charge >= 0.3 is 5.97 Å². The maximum atomic E-state index is 11.9. The van der Waals surface area contributed by atoms with Crippen molar-refractivity contribution >= 4 is 17.6 Å². The molecule has 0 radical (unpaired) electrons. The van der Waals surface area contributed by atoms with Crippen LogP contribution < -0.4 is 10.2 Å². The molecule has 0 spiro atoms. The van der Waals surface area contributed by atoms with E-state index in [0.29, 0.717) is 12.5 Å². The Morgan fingerprint density at radius 1 is 1.39 bits per heavy atom. The molecule has 1 aromatic rings. The molecule has 1 heterocycles. The smallest absolute Gasteiger partial charge is 0.320 e. The quantitative estimate of drug-likeness (QED) is 0.785. The summed E-state index contributed by atoms with van der Waals surface area (Å²) in [7, 11) is 1.64. The third-order valence-electron chi connectivity index (χ3n) is 4.41. The van der Waals surface area contributed by atoms with Crippen molar-refractivity contribution in [3.8, 4) is 0 Å². The molecule has 0 aliphatic carbocycles. The minimum Gasteiger partial charge on any atom is -0.480 e. The van der Waals surface area contributed by atoms with Gasteiger partial charge in [-0.25, -0.2) is 0 Å². The predicted octanol–water partition coefficient (Wildman–Crippen LogP) is 1.03.